The molecule has 23 heavy (non-hydrogen) atoms. The van der Waals surface area contributed by atoms with E-state index in [9.17, 15) is 4.79 Å². The van der Waals surface area contributed by atoms with Gasteiger partial charge in [0.25, 0.3) is 0 Å². The molecule has 0 saturated carbocycles. The molecule has 0 spiro atoms. The highest BCUT2D eigenvalue weighted by Gasteiger charge is 2.24. The fraction of sp³-hybridized carbons (Fsp3) is 0.0526. The van der Waals surface area contributed by atoms with Crippen LogP contribution in [0.1, 0.15) is 16.9 Å². The SMILES string of the molecule is Cc1cccc(C2=N/C(=C\c3cc4ccccc4o3)C(=O)O2)c1. The lowest BCUT2D eigenvalue weighted by atomic mass is 10.1. The van der Waals surface area contributed by atoms with Crippen LogP contribution in [0.15, 0.2) is 69.7 Å². The summed E-state index contributed by atoms with van der Waals surface area (Å²) in [7, 11) is 0. The number of para-hydroxylation sites is 1. The number of benzene rings is 2. The predicted molar refractivity (Wildman–Crippen MR) is 88.0 cm³/mol. The molecule has 1 aliphatic heterocycles. The highest BCUT2D eigenvalue weighted by Crippen LogP contribution is 2.24. The summed E-state index contributed by atoms with van der Waals surface area (Å²) >= 11 is 0. The Bertz CT molecular complexity index is 946. The molecule has 4 nitrogen and oxygen atoms in total. The summed E-state index contributed by atoms with van der Waals surface area (Å²) in [6.07, 6.45) is 1.60. The van der Waals surface area contributed by atoms with Crippen LogP contribution in [0.4, 0.5) is 0 Å². The van der Waals surface area contributed by atoms with Crippen LogP contribution in [-0.4, -0.2) is 11.9 Å². The lowest BCUT2D eigenvalue weighted by Gasteiger charge is -1.99. The molecule has 0 unspecified atom stereocenters. The summed E-state index contributed by atoms with van der Waals surface area (Å²) < 4.78 is 10.9. The number of cyclic esters (lactones) is 1. The zero-order chi connectivity index (χ0) is 15.8. The summed E-state index contributed by atoms with van der Waals surface area (Å²) in [6.45, 7) is 1.98. The first-order valence-corrected chi connectivity index (χ1v) is 7.27. The molecule has 112 valence electrons. The first kappa shape index (κ1) is 13.5. The summed E-state index contributed by atoms with van der Waals surface area (Å²) in [4.78, 5) is 16.3. The topological polar surface area (TPSA) is 51.8 Å². The van der Waals surface area contributed by atoms with Crippen molar-refractivity contribution in [3.63, 3.8) is 0 Å². The number of hydrogen-bond acceptors (Lipinski definition) is 4. The molecule has 4 heteroatoms. The second kappa shape index (κ2) is 5.25. The highest BCUT2D eigenvalue weighted by atomic mass is 16.6. The smallest absolute Gasteiger partial charge is 0.363 e. The third kappa shape index (κ3) is 2.55. The Kier molecular flexibility index (Phi) is 3.08. The van der Waals surface area contributed by atoms with Gasteiger partial charge in [-0.25, -0.2) is 9.79 Å². The molecule has 0 radical (unpaired) electrons. The molecule has 3 aromatic rings. The minimum Gasteiger partial charge on any atom is -0.457 e. The van der Waals surface area contributed by atoms with Gasteiger partial charge < -0.3 is 9.15 Å². The Labute approximate surface area is 132 Å². The zero-order valence-corrected chi connectivity index (χ0v) is 12.4. The standard InChI is InChI=1S/C19H13NO3/c1-12-5-4-7-14(9-12)18-20-16(19(21)23-18)11-15-10-13-6-2-3-8-17(13)22-15/h2-11H,1H3/b16-11-. The summed E-state index contributed by atoms with van der Waals surface area (Å²) in [6, 6.07) is 17.2. The van der Waals surface area contributed by atoms with Gasteiger partial charge in [0.05, 0.1) is 0 Å². The summed E-state index contributed by atoms with van der Waals surface area (Å²) in [5.74, 6) is 0.426. The number of carbonyl (C=O) groups is 1. The van der Waals surface area contributed by atoms with Crippen LogP contribution in [0.5, 0.6) is 0 Å². The first-order chi connectivity index (χ1) is 11.2. The van der Waals surface area contributed by atoms with Crippen molar-refractivity contribution in [2.75, 3.05) is 0 Å². The van der Waals surface area contributed by atoms with Crippen LogP contribution in [0.3, 0.4) is 0 Å². The van der Waals surface area contributed by atoms with E-state index >= 15 is 0 Å². The van der Waals surface area contributed by atoms with Crippen molar-refractivity contribution in [3.05, 3.63) is 77.2 Å². The molecule has 0 amide bonds. The lowest BCUT2D eigenvalue weighted by Crippen LogP contribution is -2.05. The average molecular weight is 303 g/mol. The van der Waals surface area contributed by atoms with E-state index in [1.807, 2.05) is 61.5 Å². The van der Waals surface area contributed by atoms with Crippen molar-refractivity contribution < 1.29 is 13.9 Å². The quantitative estimate of drug-likeness (QED) is 0.529. The Morgan fingerprint density at radius 3 is 2.74 bits per heavy atom. The third-order valence-electron chi connectivity index (χ3n) is 3.61. The minimum atomic E-state index is -0.470. The molecule has 2 heterocycles. The number of rotatable bonds is 2. The molecular weight excluding hydrogens is 290 g/mol. The van der Waals surface area contributed by atoms with Gasteiger partial charge in [-0.15, -0.1) is 0 Å². The molecule has 1 aliphatic rings. The molecule has 0 N–H and O–H groups in total. The van der Waals surface area contributed by atoms with Crippen LogP contribution < -0.4 is 0 Å². The van der Waals surface area contributed by atoms with Crippen LogP contribution >= 0.6 is 0 Å². The maximum atomic E-state index is 12.0. The summed E-state index contributed by atoms with van der Waals surface area (Å²) in [5, 5.41) is 0.980. The molecule has 2 aromatic carbocycles. The second-order valence-electron chi connectivity index (χ2n) is 5.39. The molecule has 0 bridgehead atoms. The van der Waals surface area contributed by atoms with Gasteiger partial charge in [-0.1, -0.05) is 35.9 Å². The van der Waals surface area contributed by atoms with E-state index in [4.69, 9.17) is 9.15 Å². The number of carbonyl (C=O) groups excluding carboxylic acids is 1. The second-order valence-corrected chi connectivity index (χ2v) is 5.39. The van der Waals surface area contributed by atoms with Crippen LogP contribution in [-0.2, 0) is 9.53 Å². The van der Waals surface area contributed by atoms with E-state index in [2.05, 4.69) is 4.99 Å². The van der Waals surface area contributed by atoms with Crippen molar-refractivity contribution in [1.82, 2.24) is 0 Å². The fourth-order valence-electron chi connectivity index (χ4n) is 2.52. The Hall–Kier alpha value is -3.14. The van der Waals surface area contributed by atoms with Crippen LogP contribution in [0, 0.1) is 6.92 Å². The van der Waals surface area contributed by atoms with Gasteiger partial charge in [0, 0.05) is 17.0 Å². The average Bonchev–Trinajstić information content (AvgIpc) is 3.11. The van der Waals surface area contributed by atoms with Crippen molar-refractivity contribution in [2.24, 2.45) is 4.99 Å². The van der Waals surface area contributed by atoms with E-state index in [0.717, 1.165) is 22.1 Å². The maximum Gasteiger partial charge on any atom is 0.363 e. The van der Waals surface area contributed by atoms with E-state index in [0.29, 0.717) is 11.7 Å². The minimum absolute atomic E-state index is 0.237. The van der Waals surface area contributed by atoms with Crippen molar-refractivity contribution in [3.8, 4) is 0 Å². The third-order valence-corrected chi connectivity index (χ3v) is 3.61. The number of aliphatic imine (C=N–C) groups is 1. The molecule has 0 aliphatic carbocycles. The number of aryl methyl sites for hydroxylation is 1. The molecule has 4 rings (SSSR count). The molecule has 0 atom stereocenters. The van der Waals surface area contributed by atoms with Gasteiger partial charge in [0.15, 0.2) is 5.70 Å². The number of fused-ring (bicyclic) bond motifs is 1. The number of hydrogen-bond donors (Lipinski definition) is 0. The van der Waals surface area contributed by atoms with E-state index in [-0.39, 0.29) is 5.70 Å². The Balaban J connectivity index is 1.72. The number of esters is 1. The monoisotopic (exact) mass is 303 g/mol. The normalized spacial score (nSPS) is 16.0. The van der Waals surface area contributed by atoms with E-state index < -0.39 is 5.97 Å². The maximum absolute atomic E-state index is 12.0. The van der Waals surface area contributed by atoms with Gasteiger partial charge in [-0.3, -0.25) is 0 Å². The molecule has 1 aromatic heterocycles. The zero-order valence-electron chi connectivity index (χ0n) is 12.4. The molecule has 0 fully saturated rings. The Morgan fingerprint density at radius 1 is 1.04 bits per heavy atom. The molecular formula is C19H13NO3. The lowest BCUT2D eigenvalue weighted by molar-refractivity contribution is -0.129. The van der Waals surface area contributed by atoms with Gasteiger partial charge in [-0.2, -0.15) is 0 Å². The van der Waals surface area contributed by atoms with Gasteiger partial charge in [-0.05, 0) is 31.2 Å². The fourth-order valence-corrected chi connectivity index (χ4v) is 2.52. The van der Waals surface area contributed by atoms with Gasteiger partial charge in [0.1, 0.15) is 11.3 Å². The van der Waals surface area contributed by atoms with Gasteiger partial charge in [0.2, 0.25) is 5.90 Å². The largest absolute Gasteiger partial charge is 0.457 e. The number of furan rings is 1. The molecule has 0 saturated heterocycles. The van der Waals surface area contributed by atoms with E-state index in [1.165, 1.54) is 0 Å². The van der Waals surface area contributed by atoms with Crippen molar-refractivity contribution in [1.29, 1.82) is 0 Å². The van der Waals surface area contributed by atoms with Crippen LogP contribution in [0.2, 0.25) is 0 Å². The van der Waals surface area contributed by atoms with Crippen molar-refractivity contribution >= 4 is 28.9 Å². The highest BCUT2D eigenvalue weighted by molar-refractivity contribution is 6.12. The van der Waals surface area contributed by atoms with Crippen LogP contribution in [0.25, 0.3) is 17.0 Å². The predicted octanol–water partition coefficient (Wildman–Crippen LogP) is 4.09. The first-order valence-electron chi connectivity index (χ1n) is 7.27. The number of nitrogens with zero attached hydrogens (tertiary/aromatic N) is 1. The number of ether oxygens (including phenoxy) is 1. The Morgan fingerprint density at radius 2 is 1.91 bits per heavy atom. The van der Waals surface area contributed by atoms with Gasteiger partial charge >= 0.3 is 5.97 Å². The summed E-state index contributed by atoms with van der Waals surface area (Å²) in [5.41, 5.74) is 2.87. The van der Waals surface area contributed by atoms with Crippen molar-refractivity contribution in [2.45, 2.75) is 6.92 Å². The van der Waals surface area contributed by atoms with E-state index in [1.54, 1.807) is 6.08 Å².